The average molecular weight is 366 g/mol. The van der Waals surface area contributed by atoms with E-state index in [0.717, 1.165) is 55.3 Å². The minimum absolute atomic E-state index is 0.505. The maximum absolute atomic E-state index is 11.0. The molecular formula is C21H26N4O2. The number of aryl methyl sites for hydroxylation is 1. The first kappa shape index (κ1) is 17.9. The predicted molar refractivity (Wildman–Crippen MR) is 103 cm³/mol. The number of rotatable bonds is 5. The van der Waals surface area contributed by atoms with Gasteiger partial charge in [0.1, 0.15) is 17.3 Å². The maximum Gasteiger partial charge on any atom is 0.140 e. The van der Waals surface area contributed by atoms with Crippen molar-refractivity contribution in [3.63, 3.8) is 0 Å². The summed E-state index contributed by atoms with van der Waals surface area (Å²) in [5.74, 6) is 1.77. The third-order valence-electron chi connectivity index (χ3n) is 5.62. The van der Waals surface area contributed by atoms with Crippen molar-refractivity contribution in [1.29, 1.82) is 0 Å². The van der Waals surface area contributed by atoms with Gasteiger partial charge in [0, 0.05) is 50.9 Å². The third-order valence-corrected chi connectivity index (χ3v) is 5.62. The predicted octanol–water partition coefficient (Wildman–Crippen LogP) is 2.95. The summed E-state index contributed by atoms with van der Waals surface area (Å²) >= 11 is 0. The molecule has 0 unspecified atom stereocenters. The number of hydrogen-bond donors (Lipinski definition) is 1. The lowest BCUT2D eigenvalue weighted by molar-refractivity contribution is -0.0269. The van der Waals surface area contributed by atoms with Crippen LogP contribution in [0.5, 0.6) is 0 Å². The lowest BCUT2D eigenvalue weighted by atomic mass is 9.87. The number of hydrogen-bond acceptors (Lipinski definition) is 5. The monoisotopic (exact) mass is 366 g/mol. The van der Waals surface area contributed by atoms with Crippen LogP contribution in [-0.4, -0.2) is 43.4 Å². The van der Waals surface area contributed by atoms with Crippen molar-refractivity contribution in [1.82, 2.24) is 19.6 Å². The second kappa shape index (κ2) is 7.29. The number of nitrogens with zero attached hydrogens (tertiary/aromatic N) is 4. The molecule has 1 N–H and O–H groups in total. The molecule has 1 fully saturated rings. The minimum Gasteiger partial charge on any atom is -0.389 e. The largest absolute Gasteiger partial charge is 0.389 e. The van der Waals surface area contributed by atoms with Crippen molar-refractivity contribution in [3.05, 3.63) is 59.9 Å². The van der Waals surface area contributed by atoms with E-state index in [-0.39, 0.29) is 0 Å². The van der Waals surface area contributed by atoms with Crippen LogP contribution in [0, 0.1) is 6.92 Å². The Morgan fingerprint density at radius 2 is 1.93 bits per heavy atom. The maximum atomic E-state index is 11.0. The van der Waals surface area contributed by atoms with Gasteiger partial charge in [-0.3, -0.25) is 4.90 Å². The van der Waals surface area contributed by atoms with Crippen molar-refractivity contribution in [3.8, 4) is 11.3 Å². The second-order valence-electron chi connectivity index (χ2n) is 7.58. The van der Waals surface area contributed by atoms with Gasteiger partial charge in [0.25, 0.3) is 0 Å². The highest BCUT2D eigenvalue weighted by atomic mass is 16.5. The summed E-state index contributed by atoms with van der Waals surface area (Å²) in [4.78, 5) is 6.74. The zero-order chi connectivity index (χ0) is 18.9. The van der Waals surface area contributed by atoms with E-state index in [4.69, 9.17) is 4.52 Å². The Morgan fingerprint density at radius 3 is 2.59 bits per heavy atom. The fourth-order valence-electron chi connectivity index (χ4n) is 3.69. The third kappa shape index (κ3) is 3.96. The Morgan fingerprint density at radius 1 is 1.19 bits per heavy atom. The fraction of sp³-hybridized carbons (Fsp3) is 0.429. The number of aromatic nitrogens is 3. The Balaban J connectivity index is 1.35. The average Bonchev–Trinajstić information content (AvgIpc) is 3.26. The van der Waals surface area contributed by atoms with E-state index in [0.29, 0.717) is 6.42 Å². The zero-order valence-electron chi connectivity index (χ0n) is 15.9. The fourth-order valence-corrected chi connectivity index (χ4v) is 3.69. The van der Waals surface area contributed by atoms with E-state index < -0.39 is 5.60 Å². The van der Waals surface area contributed by atoms with Crippen LogP contribution >= 0.6 is 0 Å². The lowest BCUT2D eigenvalue weighted by Gasteiger charge is -2.37. The number of benzene rings is 1. The van der Waals surface area contributed by atoms with Gasteiger partial charge < -0.3 is 14.2 Å². The van der Waals surface area contributed by atoms with Gasteiger partial charge >= 0.3 is 0 Å². The van der Waals surface area contributed by atoms with Crippen molar-refractivity contribution in [2.24, 2.45) is 7.05 Å². The molecule has 0 atom stereocenters. The first-order valence-electron chi connectivity index (χ1n) is 9.45. The molecule has 1 aliphatic heterocycles. The van der Waals surface area contributed by atoms with Gasteiger partial charge in [-0.2, -0.15) is 0 Å². The highest BCUT2D eigenvalue weighted by molar-refractivity contribution is 5.58. The standard InChI is InChI=1S/C21H26N4O2/c1-16-22-14-18(24(16)2)15-25-10-8-21(26,9-11-25)13-19-12-20(23-27-19)17-6-4-3-5-7-17/h3-7,12,14,26H,8-11,13,15H2,1-2H3. The number of aliphatic hydroxyl groups is 1. The van der Waals surface area contributed by atoms with Crippen molar-refractivity contribution in [2.45, 2.75) is 38.3 Å². The number of imidazole rings is 1. The van der Waals surface area contributed by atoms with Gasteiger partial charge in [-0.05, 0) is 19.8 Å². The van der Waals surface area contributed by atoms with Crippen LogP contribution in [0.3, 0.4) is 0 Å². The number of piperidine rings is 1. The van der Waals surface area contributed by atoms with Crippen molar-refractivity contribution < 1.29 is 9.63 Å². The summed E-state index contributed by atoms with van der Waals surface area (Å²) in [6.07, 6.45) is 3.90. The summed E-state index contributed by atoms with van der Waals surface area (Å²) in [5.41, 5.74) is 2.33. The molecule has 0 spiro atoms. The van der Waals surface area contributed by atoms with Gasteiger partial charge in [0.15, 0.2) is 0 Å². The summed E-state index contributed by atoms with van der Waals surface area (Å²) in [5, 5.41) is 15.2. The molecule has 27 heavy (non-hydrogen) atoms. The van der Waals surface area contributed by atoms with E-state index in [9.17, 15) is 5.11 Å². The smallest absolute Gasteiger partial charge is 0.140 e. The topological polar surface area (TPSA) is 67.3 Å². The van der Waals surface area contributed by atoms with E-state index >= 15 is 0 Å². The van der Waals surface area contributed by atoms with Crippen LogP contribution in [-0.2, 0) is 20.0 Å². The molecule has 142 valence electrons. The van der Waals surface area contributed by atoms with Crippen LogP contribution in [0.2, 0.25) is 0 Å². The van der Waals surface area contributed by atoms with E-state index in [1.165, 1.54) is 5.69 Å². The first-order valence-corrected chi connectivity index (χ1v) is 9.45. The first-order chi connectivity index (χ1) is 13.0. The second-order valence-corrected chi connectivity index (χ2v) is 7.58. The Labute approximate surface area is 159 Å². The quantitative estimate of drug-likeness (QED) is 0.752. The zero-order valence-corrected chi connectivity index (χ0v) is 15.9. The summed E-state index contributed by atoms with van der Waals surface area (Å²) < 4.78 is 7.62. The van der Waals surface area contributed by atoms with Crippen LogP contribution in [0.1, 0.15) is 30.1 Å². The molecule has 3 aromatic rings. The van der Waals surface area contributed by atoms with Gasteiger partial charge in [-0.15, -0.1) is 0 Å². The molecule has 1 aromatic carbocycles. The summed E-state index contributed by atoms with van der Waals surface area (Å²) in [6, 6.07) is 11.9. The highest BCUT2D eigenvalue weighted by Crippen LogP contribution is 2.29. The Kier molecular flexibility index (Phi) is 4.85. The molecule has 4 rings (SSSR count). The van der Waals surface area contributed by atoms with Gasteiger partial charge in [-0.1, -0.05) is 35.5 Å². The van der Waals surface area contributed by atoms with Crippen molar-refractivity contribution in [2.75, 3.05) is 13.1 Å². The minimum atomic E-state index is -0.730. The van der Waals surface area contributed by atoms with Gasteiger partial charge in [-0.25, -0.2) is 4.98 Å². The van der Waals surface area contributed by atoms with Gasteiger partial charge in [0.05, 0.1) is 11.3 Å². The van der Waals surface area contributed by atoms with Crippen LogP contribution in [0.4, 0.5) is 0 Å². The molecule has 0 radical (unpaired) electrons. The summed E-state index contributed by atoms with van der Waals surface area (Å²) in [7, 11) is 2.05. The molecule has 0 bridgehead atoms. The molecule has 1 saturated heterocycles. The molecule has 6 heteroatoms. The van der Waals surface area contributed by atoms with E-state index in [1.54, 1.807) is 0 Å². The van der Waals surface area contributed by atoms with Crippen LogP contribution in [0.25, 0.3) is 11.3 Å². The SMILES string of the molecule is Cc1ncc(CN2CCC(O)(Cc3cc(-c4ccccc4)no3)CC2)n1C. The molecule has 2 aromatic heterocycles. The molecule has 0 aliphatic carbocycles. The van der Waals surface area contributed by atoms with E-state index in [2.05, 4.69) is 19.6 Å². The molecule has 1 aliphatic rings. The highest BCUT2D eigenvalue weighted by Gasteiger charge is 2.34. The van der Waals surface area contributed by atoms with Gasteiger partial charge in [0.2, 0.25) is 0 Å². The molecule has 6 nitrogen and oxygen atoms in total. The van der Waals surface area contributed by atoms with Crippen LogP contribution < -0.4 is 0 Å². The molecule has 0 amide bonds. The van der Waals surface area contributed by atoms with Crippen molar-refractivity contribution >= 4 is 0 Å². The van der Waals surface area contributed by atoms with E-state index in [1.807, 2.05) is 56.6 Å². The molecule has 0 saturated carbocycles. The molecule has 3 heterocycles. The lowest BCUT2D eigenvalue weighted by Crippen LogP contribution is -2.45. The summed E-state index contributed by atoms with van der Waals surface area (Å²) in [6.45, 7) is 4.61. The number of likely N-dealkylation sites (tertiary alicyclic amines) is 1. The Hall–Kier alpha value is -2.44. The molecular weight excluding hydrogens is 340 g/mol. The normalized spacial score (nSPS) is 17.3. The Bertz CT molecular complexity index is 892. The van der Waals surface area contributed by atoms with Crippen LogP contribution in [0.15, 0.2) is 47.1 Å².